The van der Waals surface area contributed by atoms with Gasteiger partial charge in [0.1, 0.15) is 5.76 Å². The molecule has 0 radical (unpaired) electrons. The molecule has 1 aromatic carbocycles. The molecule has 0 aliphatic heterocycles. The Morgan fingerprint density at radius 3 is 2.74 bits per heavy atom. The third-order valence-corrected chi connectivity index (χ3v) is 3.83. The summed E-state index contributed by atoms with van der Waals surface area (Å²) in [6, 6.07) is 10.8. The molecule has 0 saturated heterocycles. The Hall–Kier alpha value is -1.26. The number of hydrogen-bond donors (Lipinski definition) is 1. The van der Waals surface area contributed by atoms with Crippen molar-refractivity contribution in [2.24, 2.45) is 0 Å². The van der Waals surface area contributed by atoms with Gasteiger partial charge in [-0.2, -0.15) is 0 Å². The molecule has 0 unspecified atom stereocenters. The van der Waals surface area contributed by atoms with Gasteiger partial charge in [0.15, 0.2) is 0 Å². The first-order valence-corrected chi connectivity index (χ1v) is 7.31. The summed E-state index contributed by atoms with van der Waals surface area (Å²) in [6.45, 7) is 1.78. The van der Waals surface area contributed by atoms with Crippen LogP contribution in [0, 0.1) is 0 Å². The number of hydrogen-bond acceptors (Lipinski definition) is 3. The number of rotatable bonds is 5. The lowest BCUT2D eigenvalue weighted by Gasteiger charge is -2.21. The van der Waals surface area contributed by atoms with Gasteiger partial charge in [0.05, 0.1) is 12.8 Å². The van der Waals surface area contributed by atoms with Gasteiger partial charge in [-0.15, -0.1) is 0 Å². The molecule has 4 heteroatoms. The average molecular weight is 321 g/mol. The lowest BCUT2D eigenvalue weighted by atomic mass is 10.2. The molecule has 1 aliphatic rings. The Bertz CT molecular complexity index is 529. The van der Waals surface area contributed by atoms with Gasteiger partial charge in [0.2, 0.25) is 0 Å². The zero-order chi connectivity index (χ0) is 13.2. The van der Waals surface area contributed by atoms with Crippen molar-refractivity contribution in [3.63, 3.8) is 0 Å². The molecule has 3 rings (SSSR count). The summed E-state index contributed by atoms with van der Waals surface area (Å²) >= 11 is 3.50. The second-order valence-corrected chi connectivity index (χ2v) is 6.02. The van der Waals surface area contributed by atoms with E-state index in [0.717, 1.165) is 29.0 Å². The quantitative estimate of drug-likeness (QED) is 0.852. The molecule has 2 N–H and O–H groups in total. The van der Waals surface area contributed by atoms with E-state index in [1.807, 2.05) is 24.3 Å². The predicted octanol–water partition coefficient (Wildman–Crippen LogP) is 3.79. The lowest BCUT2D eigenvalue weighted by Crippen LogP contribution is -2.24. The van der Waals surface area contributed by atoms with Crippen LogP contribution in [-0.2, 0) is 13.1 Å². The highest BCUT2D eigenvalue weighted by atomic mass is 79.9. The molecule has 0 bridgehead atoms. The molecule has 1 heterocycles. The van der Waals surface area contributed by atoms with Crippen LogP contribution in [0.2, 0.25) is 0 Å². The second-order valence-electron chi connectivity index (χ2n) is 5.11. The van der Waals surface area contributed by atoms with Gasteiger partial charge < -0.3 is 10.2 Å². The zero-order valence-corrected chi connectivity index (χ0v) is 12.3. The molecular formula is C15H17BrN2O. The van der Waals surface area contributed by atoms with E-state index in [1.165, 1.54) is 18.4 Å². The van der Waals surface area contributed by atoms with Gasteiger partial charge in [-0.3, -0.25) is 4.90 Å². The van der Waals surface area contributed by atoms with E-state index in [0.29, 0.717) is 6.04 Å². The maximum Gasteiger partial charge on any atom is 0.117 e. The van der Waals surface area contributed by atoms with Crippen LogP contribution in [0.3, 0.4) is 0 Å². The number of nitrogens with zero attached hydrogens (tertiary/aromatic N) is 1. The lowest BCUT2D eigenvalue weighted by molar-refractivity contribution is 0.225. The third kappa shape index (κ3) is 3.39. The maximum atomic E-state index is 5.90. The Kier molecular flexibility index (Phi) is 3.62. The van der Waals surface area contributed by atoms with Crippen molar-refractivity contribution in [2.75, 3.05) is 5.73 Å². The Labute approximate surface area is 121 Å². The molecule has 1 aliphatic carbocycles. The van der Waals surface area contributed by atoms with Crippen molar-refractivity contribution < 1.29 is 4.42 Å². The first kappa shape index (κ1) is 12.8. The van der Waals surface area contributed by atoms with E-state index in [2.05, 4.69) is 26.9 Å². The second kappa shape index (κ2) is 5.39. The van der Waals surface area contributed by atoms with Crippen LogP contribution in [0.5, 0.6) is 0 Å². The molecule has 1 saturated carbocycles. The molecule has 100 valence electrons. The van der Waals surface area contributed by atoms with Gasteiger partial charge in [0, 0.05) is 22.7 Å². The van der Waals surface area contributed by atoms with E-state index in [-0.39, 0.29) is 0 Å². The highest BCUT2D eigenvalue weighted by Gasteiger charge is 2.29. The minimum atomic E-state index is 0.685. The van der Waals surface area contributed by atoms with Crippen molar-refractivity contribution in [1.29, 1.82) is 0 Å². The van der Waals surface area contributed by atoms with Crippen LogP contribution in [0.25, 0.3) is 0 Å². The zero-order valence-electron chi connectivity index (χ0n) is 10.7. The van der Waals surface area contributed by atoms with Gasteiger partial charge in [-0.05, 0) is 48.7 Å². The summed E-state index contributed by atoms with van der Waals surface area (Å²) in [4.78, 5) is 2.46. The first-order chi connectivity index (χ1) is 9.20. The van der Waals surface area contributed by atoms with Crippen LogP contribution < -0.4 is 5.73 Å². The number of anilines is 1. The number of benzene rings is 1. The van der Waals surface area contributed by atoms with Gasteiger partial charge in [-0.1, -0.05) is 15.9 Å². The molecular weight excluding hydrogens is 304 g/mol. The fraction of sp³-hybridized carbons (Fsp3) is 0.333. The fourth-order valence-corrected chi connectivity index (χ4v) is 2.92. The maximum absolute atomic E-state index is 5.90. The minimum absolute atomic E-state index is 0.685. The monoisotopic (exact) mass is 320 g/mol. The van der Waals surface area contributed by atoms with Crippen LogP contribution in [0.4, 0.5) is 5.69 Å². The van der Waals surface area contributed by atoms with E-state index < -0.39 is 0 Å². The summed E-state index contributed by atoms with van der Waals surface area (Å²) in [5.74, 6) is 1.02. The van der Waals surface area contributed by atoms with Crippen molar-refractivity contribution in [3.05, 3.63) is 52.4 Å². The molecule has 2 aromatic rings. The van der Waals surface area contributed by atoms with Gasteiger partial charge >= 0.3 is 0 Å². The molecule has 1 fully saturated rings. The third-order valence-electron chi connectivity index (χ3n) is 3.37. The Balaban J connectivity index is 1.74. The standard InChI is InChI=1S/C15H17BrN2O/c16-12-6-11(7-13(17)8-12)9-18(14-3-4-14)10-15-2-1-5-19-15/h1-2,5-8,14H,3-4,9-10,17H2. The fourth-order valence-electron chi connectivity index (χ4n) is 2.36. The molecule has 0 amide bonds. The van der Waals surface area contributed by atoms with Crippen LogP contribution in [0.15, 0.2) is 45.5 Å². The van der Waals surface area contributed by atoms with E-state index >= 15 is 0 Å². The predicted molar refractivity (Wildman–Crippen MR) is 79.5 cm³/mol. The van der Waals surface area contributed by atoms with Crippen molar-refractivity contribution in [1.82, 2.24) is 4.90 Å². The van der Waals surface area contributed by atoms with E-state index in [4.69, 9.17) is 10.2 Å². The highest BCUT2D eigenvalue weighted by Crippen LogP contribution is 2.30. The largest absolute Gasteiger partial charge is 0.468 e. The SMILES string of the molecule is Nc1cc(Br)cc(CN(Cc2ccco2)C2CC2)c1. The Morgan fingerprint density at radius 1 is 1.26 bits per heavy atom. The summed E-state index contributed by atoms with van der Waals surface area (Å²) in [6.07, 6.45) is 4.30. The molecule has 0 atom stereocenters. The van der Waals surface area contributed by atoms with Crippen LogP contribution >= 0.6 is 15.9 Å². The minimum Gasteiger partial charge on any atom is -0.468 e. The number of nitrogen functional groups attached to an aromatic ring is 1. The molecule has 1 aromatic heterocycles. The first-order valence-electron chi connectivity index (χ1n) is 6.52. The summed E-state index contributed by atoms with van der Waals surface area (Å²) in [5.41, 5.74) is 7.94. The highest BCUT2D eigenvalue weighted by molar-refractivity contribution is 9.10. The summed E-state index contributed by atoms with van der Waals surface area (Å²) in [7, 11) is 0. The molecule has 0 spiro atoms. The van der Waals surface area contributed by atoms with Gasteiger partial charge in [-0.25, -0.2) is 0 Å². The Morgan fingerprint density at radius 2 is 2.11 bits per heavy atom. The van der Waals surface area contributed by atoms with Crippen molar-refractivity contribution in [2.45, 2.75) is 32.0 Å². The number of furan rings is 1. The molecule has 3 nitrogen and oxygen atoms in total. The molecule has 19 heavy (non-hydrogen) atoms. The average Bonchev–Trinajstić information content (AvgIpc) is 3.06. The normalized spacial score (nSPS) is 15.1. The summed E-state index contributed by atoms with van der Waals surface area (Å²) < 4.78 is 6.49. The number of nitrogens with two attached hydrogens (primary N) is 1. The number of halogens is 1. The topological polar surface area (TPSA) is 42.4 Å². The smallest absolute Gasteiger partial charge is 0.117 e. The van der Waals surface area contributed by atoms with Crippen LogP contribution in [-0.4, -0.2) is 10.9 Å². The van der Waals surface area contributed by atoms with Crippen molar-refractivity contribution >= 4 is 21.6 Å². The summed E-state index contributed by atoms with van der Waals surface area (Å²) in [5, 5.41) is 0. The van der Waals surface area contributed by atoms with E-state index in [9.17, 15) is 0 Å². The van der Waals surface area contributed by atoms with Crippen molar-refractivity contribution in [3.8, 4) is 0 Å². The van der Waals surface area contributed by atoms with Gasteiger partial charge in [0.25, 0.3) is 0 Å². The van der Waals surface area contributed by atoms with E-state index in [1.54, 1.807) is 6.26 Å². The van der Waals surface area contributed by atoms with Crippen LogP contribution in [0.1, 0.15) is 24.2 Å².